The maximum Gasteiger partial charge on any atom is 0.263 e. The summed E-state index contributed by atoms with van der Waals surface area (Å²) < 4.78 is 11.3. The van der Waals surface area contributed by atoms with Crippen molar-refractivity contribution in [1.82, 2.24) is 10.2 Å². The number of carbonyl (C=O) groups is 2. The number of phenols is 1. The van der Waals surface area contributed by atoms with Crippen LogP contribution < -0.4 is 14.8 Å². The van der Waals surface area contributed by atoms with Crippen molar-refractivity contribution in [2.24, 2.45) is 0 Å². The zero-order chi connectivity index (χ0) is 22.4. The Morgan fingerprint density at radius 1 is 1.06 bits per heavy atom. The Morgan fingerprint density at radius 3 is 2.35 bits per heavy atom. The number of aryl methyl sites for hydroxylation is 2. The van der Waals surface area contributed by atoms with Crippen LogP contribution in [0.3, 0.4) is 0 Å². The van der Waals surface area contributed by atoms with Crippen LogP contribution in [0.1, 0.15) is 30.9 Å². The van der Waals surface area contributed by atoms with Gasteiger partial charge in [0.1, 0.15) is 17.2 Å². The Labute approximate surface area is 183 Å². The lowest BCUT2D eigenvalue weighted by molar-refractivity contribution is -0.139. The standard InChI is InChI=1S/C24H30N2O5/c1-16-4-7-22(14-17(16)2)30-15-23(28)25-19-10-12-26(13-11-19)24(29)18(3)31-21-8-5-20(27)6-9-21/h4-9,14,18-19,27H,10-13,15H2,1-3H3,(H,25,28). The van der Waals surface area contributed by atoms with Crippen molar-refractivity contribution in [2.45, 2.75) is 45.8 Å². The number of benzene rings is 2. The minimum Gasteiger partial charge on any atom is -0.508 e. The number of piperidine rings is 1. The highest BCUT2D eigenvalue weighted by atomic mass is 16.5. The molecule has 2 aromatic carbocycles. The quantitative estimate of drug-likeness (QED) is 0.711. The molecule has 2 amide bonds. The molecule has 0 spiro atoms. The molecule has 1 aliphatic heterocycles. The molecule has 7 heteroatoms. The fourth-order valence-corrected chi connectivity index (χ4v) is 3.50. The molecule has 1 unspecified atom stereocenters. The van der Waals surface area contributed by atoms with E-state index in [-0.39, 0.29) is 30.2 Å². The highest BCUT2D eigenvalue weighted by molar-refractivity contribution is 5.81. The molecule has 1 fully saturated rings. The molecule has 1 saturated heterocycles. The average Bonchev–Trinajstić information content (AvgIpc) is 2.76. The van der Waals surface area contributed by atoms with Gasteiger partial charge < -0.3 is 24.8 Å². The summed E-state index contributed by atoms with van der Waals surface area (Å²) >= 11 is 0. The monoisotopic (exact) mass is 426 g/mol. The zero-order valence-corrected chi connectivity index (χ0v) is 18.3. The van der Waals surface area contributed by atoms with Gasteiger partial charge in [-0.1, -0.05) is 6.07 Å². The lowest BCUT2D eigenvalue weighted by atomic mass is 10.0. The summed E-state index contributed by atoms with van der Waals surface area (Å²) in [5.74, 6) is 1.11. The predicted octanol–water partition coefficient (Wildman–Crippen LogP) is 2.96. The van der Waals surface area contributed by atoms with Crippen molar-refractivity contribution in [1.29, 1.82) is 0 Å². The minimum atomic E-state index is -0.623. The molecule has 166 valence electrons. The van der Waals surface area contributed by atoms with E-state index < -0.39 is 6.10 Å². The van der Waals surface area contributed by atoms with Crippen LogP contribution in [-0.2, 0) is 9.59 Å². The van der Waals surface area contributed by atoms with Gasteiger partial charge in [-0.2, -0.15) is 0 Å². The summed E-state index contributed by atoms with van der Waals surface area (Å²) in [5.41, 5.74) is 2.31. The zero-order valence-electron chi connectivity index (χ0n) is 18.3. The summed E-state index contributed by atoms with van der Waals surface area (Å²) in [6.45, 7) is 6.85. The highest BCUT2D eigenvalue weighted by Gasteiger charge is 2.27. The van der Waals surface area contributed by atoms with Crippen molar-refractivity contribution < 1.29 is 24.2 Å². The summed E-state index contributed by atoms with van der Waals surface area (Å²) in [7, 11) is 0. The van der Waals surface area contributed by atoms with E-state index in [2.05, 4.69) is 5.32 Å². The summed E-state index contributed by atoms with van der Waals surface area (Å²) in [5, 5.41) is 12.3. The molecule has 3 rings (SSSR count). The van der Waals surface area contributed by atoms with Gasteiger partial charge in [-0.25, -0.2) is 0 Å². The van der Waals surface area contributed by atoms with Gasteiger partial charge in [0.05, 0.1) is 0 Å². The number of amides is 2. The maximum absolute atomic E-state index is 12.7. The lowest BCUT2D eigenvalue weighted by Crippen LogP contribution is -2.50. The first kappa shape index (κ1) is 22.5. The fraction of sp³-hybridized carbons (Fsp3) is 0.417. The number of likely N-dealkylation sites (tertiary alicyclic amines) is 1. The van der Waals surface area contributed by atoms with Crippen LogP contribution in [0.2, 0.25) is 0 Å². The second-order valence-corrected chi connectivity index (χ2v) is 7.96. The number of rotatable bonds is 7. The molecule has 1 heterocycles. The van der Waals surface area contributed by atoms with Gasteiger partial charge >= 0.3 is 0 Å². The van der Waals surface area contributed by atoms with Crippen molar-refractivity contribution in [2.75, 3.05) is 19.7 Å². The van der Waals surface area contributed by atoms with Crippen molar-refractivity contribution in [3.8, 4) is 17.2 Å². The van der Waals surface area contributed by atoms with Crippen LogP contribution in [0.15, 0.2) is 42.5 Å². The van der Waals surface area contributed by atoms with Gasteiger partial charge in [-0.15, -0.1) is 0 Å². The molecule has 31 heavy (non-hydrogen) atoms. The Morgan fingerprint density at radius 2 is 1.71 bits per heavy atom. The lowest BCUT2D eigenvalue weighted by Gasteiger charge is -2.33. The number of hydrogen-bond acceptors (Lipinski definition) is 5. The van der Waals surface area contributed by atoms with Crippen molar-refractivity contribution in [3.63, 3.8) is 0 Å². The van der Waals surface area contributed by atoms with Gasteiger partial charge in [0.25, 0.3) is 11.8 Å². The number of carbonyl (C=O) groups excluding carboxylic acids is 2. The van der Waals surface area contributed by atoms with Crippen molar-refractivity contribution in [3.05, 3.63) is 53.6 Å². The van der Waals surface area contributed by atoms with E-state index in [1.165, 1.54) is 17.7 Å². The number of hydrogen-bond donors (Lipinski definition) is 2. The molecule has 1 atom stereocenters. The molecule has 0 radical (unpaired) electrons. The Hall–Kier alpha value is -3.22. The van der Waals surface area contributed by atoms with E-state index in [0.29, 0.717) is 37.4 Å². The molecule has 1 aliphatic rings. The van der Waals surface area contributed by atoms with E-state index in [4.69, 9.17) is 9.47 Å². The summed E-state index contributed by atoms with van der Waals surface area (Å²) in [6, 6.07) is 12.1. The fourth-order valence-electron chi connectivity index (χ4n) is 3.50. The van der Waals surface area contributed by atoms with Crippen molar-refractivity contribution >= 4 is 11.8 Å². The maximum atomic E-state index is 12.7. The Bertz CT molecular complexity index is 905. The van der Waals surface area contributed by atoms with E-state index in [1.807, 2.05) is 32.0 Å². The minimum absolute atomic E-state index is 0.0215. The van der Waals surface area contributed by atoms with Crippen LogP contribution in [0.4, 0.5) is 0 Å². The van der Waals surface area contributed by atoms with Gasteiger partial charge in [0, 0.05) is 19.1 Å². The molecule has 2 aromatic rings. The van der Waals surface area contributed by atoms with Gasteiger partial charge in [0.15, 0.2) is 12.7 Å². The van der Waals surface area contributed by atoms with Crippen LogP contribution in [-0.4, -0.2) is 53.7 Å². The van der Waals surface area contributed by atoms with E-state index in [0.717, 1.165) is 5.56 Å². The molecular formula is C24H30N2O5. The van der Waals surface area contributed by atoms with Crippen LogP contribution in [0.25, 0.3) is 0 Å². The molecule has 0 saturated carbocycles. The van der Waals surface area contributed by atoms with Crippen LogP contribution >= 0.6 is 0 Å². The van der Waals surface area contributed by atoms with Gasteiger partial charge in [-0.05, 0) is 81.1 Å². The third-order valence-electron chi connectivity index (χ3n) is 5.52. The molecule has 0 bridgehead atoms. The summed E-state index contributed by atoms with van der Waals surface area (Å²) in [6.07, 6.45) is 0.752. The molecule has 0 aliphatic carbocycles. The second kappa shape index (κ2) is 10.2. The van der Waals surface area contributed by atoms with E-state index in [9.17, 15) is 14.7 Å². The number of nitrogens with one attached hydrogen (secondary N) is 1. The average molecular weight is 427 g/mol. The number of ether oxygens (including phenoxy) is 2. The first-order chi connectivity index (χ1) is 14.8. The summed E-state index contributed by atoms with van der Waals surface area (Å²) in [4.78, 5) is 26.6. The first-order valence-corrected chi connectivity index (χ1v) is 10.6. The molecular weight excluding hydrogens is 396 g/mol. The third kappa shape index (κ3) is 6.38. The highest BCUT2D eigenvalue weighted by Crippen LogP contribution is 2.19. The molecule has 7 nitrogen and oxygen atoms in total. The van der Waals surface area contributed by atoms with Crippen LogP contribution in [0.5, 0.6) is 17.2 Å². The second-order valence-electron chi connectivity index (χ2n) is 7.96. The topological polar surface area (TPSA) is 88.1 Å². The number of nitrogens with zero attached hydrogens (tertiary/aromatic N) is 1. The van der Waals surface area contributed by atoms with Gasteiger partial charge in [0.2, 0.25) is 0 Å². The number of aromatic hydroxyl groups is 1. The van der Waals surface area contributed by atoms with E-state index in [1.54, 1.807) is 24.0 Å². The Kier molecular flexibility index (Phi) is 7.39. The van der Waals surface area contributed by atoms with E-state index >= 15 is 0 Å². The SMILES string of the molecule is Cc1ccc(OCC(=O)NC2CCN(C(=O)C(C)Oc3ccc(O)cc3)CC2)cc1C. The number of phenolic OH excluding ortho intramolecular Hbond substituents is 1. The molecule has 2 N–H and O–H groups in total. The first-order valence-electron chi connectivity index (χ1n) is 10.6. The largest absolute Gasteiger partial charge is 0.508 e. The molecule has 0 aromatic heterocycles. The third-order valence-corrected chi connectivity index (χ3v) is 5.52. The Balaban J connectivity index is 1.40. The smallest absolute Gasteiger partial charge is 0.263 e. The predicted molar refractivity (Wildman–Crippen MR) is 117 cm³/mol. The van der Waals surface area contributed by atoms with Crippen LogP contribution in [0, 0.1) is 13.8 Å². The van der Waals surface area contributed by atoms with Gasteiger partial charge in [-0.3, -0.25) is 9.59 Å². The normalized spacial score (nSPS) is 15.3.